The average Bonchev–Trinajstić information content (AvgIpc) is 2.25. The smallest absolute Gasteiger partial charge is 0.00694 e. The van der Waals surface area contributed by atoms with Crippen molar-refractivity contribution in [2.75, 3.05) is 0 Å². The number of rotatable bonds is 6. The fourth-order valence-corrected chi connectivity index (χ4v) is 2.64. The van der Waals surface area contributed by atoms with Crippen molar-refractivity contribution < 1.29 is 0 Å². The lowest BCUT2D eigenvalue weighted by Gasteiger charge is -2.34. The SMILES string of the molecule is CC(CCc1ccccc1)NC(C)C1CCC1. The molecule has 1 aliphatic carbocycles. The second kappa shape index (κ2) is 6.20. The topological polar surface area (TPSA) is 12.0 Å². The van der Waals surface area contributed by atoms with Gasteiger partial charge in [-0.1, -0.05) is 36.8 Å². The summed E-state index contributed by atoms with van der Waals surface area (Å²) in [5.41, 5.74) is 1.46. The third-order valence-corrected chi connectivity index (χ3v) is 4.11. The molecule has 1 fully saturated rings. The standard InChI is InChI=1S/C16H25N/c1-13(17-14(2)16-9-6-10-16)11-12-15-7-4-3-5-8-15/h3-5,7-8,13-14,16-17H,6,9-12H2,1-2H3. The minimum absolute atomic E-state index is 0.630. The van der Waals surface area contributed by atoms with Crippen molar-refractivity contribution in [1.29, 1.82) is 0 Å². The van der Waals surface area contributed by atoms with E-state index < -0.39 is 0 Å². The zero-order chi connectivity index (χ0) is 12.1. The van der Waals surface area contributed by atoms with E-state index >= 15 is 0 Å². The largest absolute Gasteiger partial charge is 0.311 e. The molecule has 1 aliphatic rings. The van der Waals surface area contributed by atoms with Gasteiger partial charge in [-0.3, -0.25) is 0 Å². The summed E-state index contributed by atoms with van der Waals surface area (Å²) < 4.78 is 0. The molecule has 1 heteroatoms. The van der Waals surface area contributed by atoms with Crippen molar-refractivity contribution >= 4 is 0 Å². The van der Waals surface area contributed by atoms with E-state index in [1.54, 1.807) is 0 Å². The minimum atomic E-state index is 0.630. The summed E-state index contributed by atoms with van der Waals surface area (Å²) >= 11 is 0. The van der Waals surface area contributed by atoms with Crippen LogP contribution in [0.1, 0.15) is 45.1 Å². The first-order valence-electron chi connectivity index (χ1n) is 7.05. The maximum absolute atomic E-state index is 3.75. The summed E-state index contributed by atoms with van der Waals surface area (Å²) in [5.74, 6) is 0.939. The Kier molecular flexibility index (Phi) is 4.61. The lowest BCUT2D eigenvalue weighted by Crippen LogP contribution is -2.42. The zero-order valence-electron chi connectivity index (χ0n) is 11.2. The Morgan fingerprint density at radius 2 is 1.88 bits per heavy atom. The first-order chi connectivity index (χ1) is 8.25. The summed E-state index contributed by atoms with van der Waals surface area (Å²) in [4.78, 5) is 0. The van der Waals surface area contributed by atoms with Crippen LogP contribution in [0.3, 0.4) is 0 Å². The van der Waals surface area contributed by atoms with Crippen molar-refractivity contribution in [1.82, 2.24) is 5.32 Å². The van der Waals surface area contributed by atoms with E-state index in [2.05, 4.69) is 49.5 Å². The highest BCUT2D eigenvalue weighted by atomic mass is 14.9. The van der Waals surface area contributed by atoms with Crippen molar-refractivity contribution in [2.45, 2.75) is 58.0 Å². The molecule has 2 atom stereocenters. The van der Waals surface area contributed by atoms with E-state index in [0.717, 1.165) is 5.92 Å². The van der Waals surface area contributed by atoms with Gasteiger partial charge in [-0.05, 0) is 51.0 Å². The Morgan fingerprint density at radius 1 is 1.18 bits per heavy atom. The highest BCUT2D eigenvalue weighted by molar-refractivity contribution is 5.14. The van der Waals surface area contributed by atoms with Gasteiger partial charge >= 0.3 is 0 Å². The fourth-order valence-electron chi connectivity index (χ4n) is 2.64. The predicted molar refractivity (Wildman–Crippen MR) is 74.2 cm³/mol. The van der Waals surface area contributed by atoms with Gasteiger partial charge in [-0.15, -0.1) is 0 Å². The molecule has 1 aromatic carbocycles. The summed E-state index contributed by atoms with van der Waals surface area (Å²) in [5, 5.41) is 3.75. The Morgan fingerprint density at radius 3 is 2.47 bits per heavy atom. The molecule has 0 spiro atoms. The maximum atomic E-state index is 3.75. The molecule has 2 rings (SSSR count). The third kappa shape index (κ3) is 3.85. The molecule has 1 nitrogen and oxygen atoms in total. The van der Waals surface area contributed by atoms with Gasteiger partial charge in [0.05, 0.1) is 0 Å². The van der Waals surface area contributed by atoms with Crippen LogP contribution in [0.25, 0.3) is 0 Å². The second-order valence-corrected chi connectivity index (χ2v) is 5.57. The lowest BCUT2D eigenvalue weighted by molar-refractivity contribution is 0.227. The van der Waals surface area contributed by atoms with Gasteiger partial charge in [-0.2, -0.15) is 0 Å². The summed E-state index contributed by atoms with van der Waals surface area (Å²) in [6.07, 6.45) is 6.72. The number of aryl methyl sites for hydroxylation is 1. The van der Waals surface area contributed by atoms with Crippen LogP contribution in [0.5, 0.6) is 0 Å². The summed E-state index contributed by atoms with van der Waals surface area (Å²) in [7, 11) is 0. The molecule has 1 saturated carbocycles. The molecule has 0 heterocycles. The van der Waals surface area contributed by atoms with Gasteiger partial charge in [0, 0.05) is 12.1 Å². The van der Waals surface area contributed by atoms with Gasteiger partial charge in [-0.25, -0.2) is 0 Å². The van der Waals surface area contributed by atoms with Crippen LogP contribution in [-0.4, -0.2) is 12.1 Å². The first kappa shape index (κ1) is 12.6. The van der Waals surface area contributed by atoms with E-state index in [0.29, 0.717) is 12.1 Å². The molecule has 0 aromatic heterocycles. The van der Waals surface area contributed by atoms with Crippen LogP contribution in [0, 0.1) is 5.92 Å². The molecule has 2 unspecified atom stereocenters. The van der Waals surface area contributed by atoms with Crippen LogP contribution in [0.15, 0.2) is 30.3 Å². The van der Waals surface area contributed by atoms with E-state index in [1.807, 2.05) is 0 Å². The van der Waals surface area contributed by atoms with E-state index in [-0.39, 0.29) is 0 Å². The highest BCUT2D eigenvalue weighted by Gasteiger charge is 2.24. The number of hydrogen-bond donors (Lipinski definition) is 1. The second-order valence-electron chi connectivity index (χ2n) is 5.57. The Hall–Kier alpha value is -0.820. The van der Waals surface area contributed by atoms with E-state index in [4.69, 9.17) is 0 Å². The Bertz CT molecular complexity index is 316. The average molecular weight is 231 g/mol. The molecular weight excluding hydrogens is 206 g/mol. The van der Waals surface area contributed by atoms with Crippen LogP contribution in [0.2, 0.25) is 0 Å². The van der Waals surface area contributed by atoms with Gasteiger partial charge in [0.1, 0.15) is 0 Å². The maximum Gasteiger partial charge on any atom is 0.00694 e. The van der Waals surface area contributed by atoms with Crippen molar-refractivity contribution in [3.63, 3.8) is 0 Å². The van der Waals surface area contributed by atoms with Gasteiger partial charge in [0.2, 0.25) is 0 Å². The van der Waals surface area contributed by atoms with Crippen LogP contribution < -0.4 is 5.32 Å². The quantitative estimate of drug-likeness (QED) is 0.785. The van der Waals surface area contributed by atoms with Gasteiger partial charge in [0.15, 0.2) is 0 Å². The van der Waals surface area contributed by atoms with Gasteiger partial charge in [0.25, 0.3) is 0 Å². The van der Waals surface area contributed by atoms with Crippen molar-refractivity contribution in [3.05, 3.63) is 35.9 Å². The van der Waals surface area contributed by atoms with Crippen molar-refractivity contribution in [3.8, 4) is 0 Å². The van der Waals surface area contributed by atoms with E-state index in [1.165, 1.54) is 37.7 Å². The molecule has 1 aromatic rings. The molecule has 0 radical (unpaired) electrons. The minimum Gasteiger partial charge on any atom is -0.311 e. The van der Waals surface area contributed by atoms with Crippen LogP contribution in [0.4, 0.5) is 0 Å². The molecule has 17 heavy (non-hydrogen) atoms. The number of nitrogens with one attached hydrogen (secondary N) is 1. The molecule has 0 amide bonds. The highest BCUT2D eigenvalue weighted by Crippen LogP contribution is 2.29. The van der Waals surface area contributed by atoms with E-state index in [9.17, 15) is 0 Å². The zero-order valence-corrected chi connectivity index (χ0v) is 11.2. The first-order valence-corrected chi connectivity index (χ1v) is 7.05. The summed E-state index contributed by atoms with van der Waals surface area (Å²) in [6.45, 7) is 4.67. The predicted octanol–water partition coefficient (Wildman–Crippen LogP) is 3.79. The monoisotopic (exact) mass is 231 g/mol. The molecule has 0 saturated heterocycles. The molecular formula is C16H25N. The fraction of sp³-hybridized carbons (Fsp3) is 0.625. The normalized spacial score (nSPS) is 19.6. The van der Waals surface area contributed by atoms with Crippen LogP contribution in [-0.2, 0) is 6.42 Å². The lowest BCUT2D eigenvalue weighted by atomic mass is 9.80. The molecule has 1 N–H and O–H groups in total. The molecule has 0 bridgehead atoms. The summed E-state index contributed by atoms with van der Waals surface area (Å²) in [6, 6.07) is 12.1. The Balaban J connectivity index is 1.68. The molecule has 94 valence electrons. The van der Waals surface area contributed by atoms with Crippen molar-refractivity contribution in [2.24, 2.45) is 5.92 Å². The van der Waals surface area contributed by atoms with Gasteiger partial charge < -0.3 is 5.32 Å². The van der Waals surface area contributed by atoms with Crippen LogP contribution >= 0.6 is 0 Å². The number of benzene rings is 1. The Labute approximate surface area is 106 Å². The molecule has 0 aliphatic heterocycles. The third-order valence-electron chi connectivity index (χ3n) is 4.11. The number of hydrogen-bond acceptors (Lipinski definition) is 1.